The van der Waals surface area contributed by atoms with Gasteiger partial charge < -0.3 is 10.6 Å². The summed E-state index contributed by atoms with van der Waals surface area (Å²) in [5, 5.41) is 6.84. The van der Waals surface area contributed by atoms with Crippen LogP contribution in [-0.2, 0) is 0 Å². The van der Waals surface area contributed by atoms with Gasteiger partial charge in [-0.15, -0.1) is 0 Å². The molecule has 0 aliphatic heterocycles. The molecule has 110 valence electrons. The van der Waals surface area contributed by atoms with Crippen molar-refractivity contribution in [1.82, 2.24) is 10.3 Å². The number of nitrogens with one attached hydrogen (secondary N) is 2. The molecule has 0 aromatic carbocycles. The molecule has 0 saturated heterocycles. The van der Waals surface area contributed by atoms with Gasteiger partial charge in [0, 0.05) is 24.0 Å². The molecule has 20 heavy (non-hydrogen) atoms. The highest BCUT2D eigenvalue weighted by atomic mass is 32.2. The van der Waals surface area contributed by atoms with Crippen LogP contribution in [0.15, 0.2) is 18.3 Å². The van der Waals surface area contributed by atoms with Gasteiger partial charge in [-0.05, 0) is 38.2 Å². The highest BCUT2D eigenvalue weighted by Crippen LogP contribution is 2.27. The summed E-state index contributed by atoms with van der Waals surface area (Å²) in [5.74, 6) is 0.801. The zero-order valence-corrected chi connectivity index (χ0v) is 13.0. The molecule has 1 amide bonds. The van der Waals surface area contributed by atoms with Gasteiger partial charge in [0.15, 0.2) is 0 Å². The summed E-state index contributed by atoms with van der Waals surface area (Å²) in [5.41, 5.74) is 0.636. The third-order valence-corrected chi connectivity index (χ3v) is 4.88. The van der Waals surface area contributed by atoms with Gasteiger partial charge >= 0.3 is 0 Å². The van der Waals surface area contributed by atoms with Crippen LogP contribution < -0.4 is 10.6 Å². The van der Waals surface area contributed by atoms with Crippen LogP contribution in [-0.4, -0.2) is 35.0 Å². The fraction of sp³-hybridized carbons (Fsp3) is 0.600. The number of anilines is 1. The zero-order valence-electron chi connectivity index (χ0n) is 12.2. The van der Waals surface area contributed by atoms with Crippen molar-refractivity contribution in [2.24, 2.45) is 0 Å². The third-order valence-electron chi connectivity index (χ3n) is 3.71. The quantitative estimate of drug-likeness (QED) is 0.876. The molecular weight excluding hydrogens is 270 g/mol. The summed E-state index contributed by atoms with van der Waals surface area (Å²) in [6, 6.07) is 3.97. The van der Waals surface area contributed by atoms with Gasteiger partial charge in [-0.3, -0.25) is 4.79 Å². The maximum Gasteiger partial charge on any atom is 0.253 e. The molecule has 5 heteroatoms. The molecule has 2 unspecified atom stereocenters. The first-order valence-corrected chi connectivity index (χ1v) is 8.57. The van der Waals surface area contributed by atoms with E-state index < -0.39 is 0 Å². The van der Waals surface area contributed by atoms with Crippen molar-refractivity contribution < 1.29 is 4.79 Å². The largest absolute Gasteiger partial charge is 0.370 e. The number of carbonyl (C=O) groups is 1. The number of carbonyl (C=O) groups excluding carboxylic acids is 1. The fourth-order valence-electron chi connectivity index (χ4n) is 2.61. The van der Waals surface area contributed by atoms with Gasteiger partial charge in [-0.1, -0.05) is 12.8 Å². The summed E-state index contributed by atoms with van der Waals surface area (Å²) >= 11 is 1.86. The van der Waals surface area contributed by atoms with Crippen molar-refractivity contribution in [3.05, 3.63) is 23.9 Å². The number of amides is 1. The predicted molar refractivity (Wildman–Crippen MR) is 85.4 cm³/mol. The Bertz CT molecular complexity index is 435. The molecule has 0 radical (unpaired) electrons. The first kappa shape index (κ1) is 15.2. The highest BCUT2D eigenvalue weighted by Gasteiger charge is 2.25. The number of nitrogens with zero attached hydrogens (tertiary/aromatic N) is 1. The van der Waals surface area contributed by atoms with E-state index in [9.17, 15) is 4.79 Å². The van der Waals surface area contributed by atoms with Crippen molar-refractivity contribution in [2.75, 3.05) is 18.1 Å². The Morgan fingerprint density at radius 1 is 1.40 bits per heavy atom. The summed E-state index contributed by atoms with van der Waals surface area (Å²) in [4.78, 5) is 16.5. The molecule has 0 bridgehead atoms. The number of aromatic nitrogens is 1. The van der Waals surface area contributed by atoms with Crippen molar-refractivity contribution in [1.29, 1.82) is 0 Å². The van der Waals surface area contributed by atoms with Crippen LogP contribution in [0.25, 0.3) is 0 Å². The van der Waals surface area contributed by atoms with E-state index in [1.54, 1.807) is 6.20 Å². The Hall–Kier alpha value is -1.23. The first-order chi connectivity index (χ1) is 9.74. The Morgan fingerprint density at radius 2 is 2.20 bits per heavy atom. The number of thioether (sulfide) groups is 1. The predicted octanol–water partition coefficient (Wildman–Crippen LogP) is 2.92. The second kappa shape index (κ2) is 7.53. The molecule has 2 atom stereocenters. The van der Waals surface area contributed by atoms with Crippen LogP contribution in [0.4, 0.5) is 5.82 Å². The molecule has 1 saturated carbocycles. The number of hydrogen-bond donors (Lipinski definition) is 2. The van der Waals surface area contributed by atoms with Crippen molar-refractivity contribution in [3.8, 4) is 0 Å². The summed E-state index contributed by atoms with van der Waals surface area (Å²) in [6.45, 7) is 2.85. The minimum absolute atomic E-state index is 0.00787. The van der Waals surface area contributed by atoms with E-state index in [0.717, 1.165) is 18.8 Å². The van der Waals surface area contributed by atoms with Gasteiger partial charge in [0.25, 0.3) is 5.91 Å². The minimum Gasteiger partial charge on any atom is -0.370 e. The van der Waals surface area contributed by atoms with Crippen LogP contribution in [0.1, 0.15) is 43.0 Å². The van der Waals surface area contributed by atoms with Crippen molar-refractivity contribution in [2.45, 2.75) is 43.9 Å². The molecule has 1 heterocycles. The van der Waals surface area contributed by atoms with Crippen LogP contribution in [0.5, 0.6) is 0 Å². The topological polar surface area (TPSA) is 54.0 Å². The molecule has 1 aliphatic rings. The number of rotatable bonds is 5. The zero-order chi connectivity index (χ0) is 14.4. The Balaban J connectivity index is 1.96. The Labute approximate surface area is 125 Å². The maximum absolute atomic E-state index is 12.3. The third kappa shape index (κ3) is 3.88. The average molecular weight is 293 g/mol. The molecule has 0 spiro atoms. The van der Waals surface area contributed by atoms with E-state index in [2.05, 4.69) is 21.9 Å². The standard InChI is InChI=1S/C15H23N3OS/c1-3-16-14-9-8-11(10-17-14)15(19)18-12-6-4-5-7-13(12)20-2/h8-10,12-13H,3-7H2,1-2H3,(H,16,17)(H,18,19). The van der Waals surface area contributed by atoms with Crippen molar-refractivity contribution in [3.63, 3.8) is 0 Å². The van der Waals surface area contributed by atoms with E-state index in [1.807, 2.05) is 30.8 Å². The monoisotopic (exact) mass is 293 g/mol. The molecule has 2 N–H and O–H groups in total. The van der Waals surface area contributed by atoms with E-state index >= 15 is 0 Å². The molecule has 2 rings (SSSR count). The molecule has 1 aromatic rings. The van der Waals surface area contributed by atoms with Gasteiger partial charge in [-0.2, -0.15) is 11.8 Å². The van der Waals surface area contributed by atoms with Gasteiger partial charge in [0.1, 0.15) is 5.82 Å². The minimum atomic E-state index is -0.00787. The van der Waals surface area contributed by atoms with E-state index in [-0.39, 0.29) is 5.91 Å². The lowest BCUT2D eigenvalue weighted by Gasteiger charge is -2.30. The molecule has 1 aromatic heterocycles. The fourth-order valence-corrected chi connectivity index (χ4v) is 3.54. The van der Waals surface area contributed by atoms with Gasteiger partial charge in [0.2, 0.25) is 0 Å². The lowest BCUT2D eigenvalue weighted by atomic mass is 9.94. The Kier molecular flexibility index (Phi) is 5.71. The Morgan fingerprint density at radius 3 is 2.85 bits per heavy atom. The highest BCUT2D eigenvalue weighted by molar-refractivity contribution is 7.99. The van der Waals surface area contributed by atoms with E-state index in [1.165, 1.54) is 19.3 Å². The van der Waals surface area contributed by atoms with Gasteiger partial charge in [0.05, 0.1) is 5.56 Å². The van der Waals surface area contributed by atoms with Crippen LogP contribution in [0, 0.1) is 0 Å². The average Bonchev–Trinajstić information content (AvgIpc) is 2.49. The number of hydrogen-bond acceptors (Lipinski definition) is 4. The summed E-state index contributed by atoms with van der Waals surface area (Å²) < 4.78 is 0. The molecular formula is C15H23N3OS. The molecule has 1 fully saturated rings. The second-order valence-electron chi connectivity index (χ2n) is 5.10. The SMILES string of the molecule is CCNc1ccc(C(=O)NC2CCCCC2SC)cn1. The van der Waals surface area contributed by atoms with Crippen LogP contribution in [0.2, 0.25) is 0 Å². The first-order valence-electron chi connectivity index (χ1n) is 7.28. The second-order valence-corrected chi connectivity index (χ2v) is 6.18. The van der Waals surface area contributed by atoms with Crippen LogP contribution in [0.3, 0.4) is 0 Å². The smallest absolute Gasteiger partial charge is 0.253 e. The lowest BCUT2D eigenvalue weighted by Crippen LogP contribution is -2.43. The van der Waals surface area contributed by atoms with E-state index in [4.69, 9.17) is 0 Å². The maximum atomic E-state index is 12.3. The van der Waals surface area contributed by atoms with Gasteiger partial charge in [-0.25, -0.2) is 4.98 Å². The lowest BCUT2D eigenvalue weighted by molar-refractivity contribution is 0.0929. The number of pyridine rings is 1. The summed E-state index contributed by atoms with van der Waals surface area (Å²) in [6.07, 6.45) is 8.53. The van der Waals surface area contributed by atoms with E-state index in [0.29, 0.717) is 16.9 Å². The normalized spacial score (nSPS) is 22.3. The van der Waals surface area contributed by atoms with Crippen LogP contribution >= 0.6 is 11.8 Å². The summed E-state index contributed by atoms with van der Waals surface area (Å²) in [7, 11) is 0. The molecule has 1 aliphatic carbocycles. The molecule has 4 nitrogen and oxygen atoms in total. The van der Waals surface area contributed by atoms with Crippen molar-refractivity contribution >= 4 is 23.5 Å².